The third-order valence-corrected chi connectivity index (χ3v) is 8.65. The Morgan fingerprint density at radius 1 is 0.849 bits per heavy atom. The summed E-state index contributed by atoms with van der Waals surface area (Å²) < 4.78 is 21.5. The number of carbonyl (C=O) groups excluding carboxylic acids is 2. The quantitative estimate of drug-likeness (QED) is 0.0502. The van der Waals surface area contributed by atoms with Crippen LogP contribution in [0.5, 0.6) is 0 Å². The van der Waals surface area contributed by atoms with E-state index in [1.54, 1.807) is 48.5 Å². The Hall–Kier alpha value is -5.85. The van der Waals surface area contributed by atoms with Crippen LogP contribution in [0.3, 0.4) is 0 Å². The van der Waals surface area contributed by atoms with Crippen molar-refractivity contribution in [2.24, 2.45) is 0 Å². The molecular formula is C41H42FN3O8. The molecule has 0 unspecified atom stereocenters. The van der Waals surface area contributed by atoms with Crippen LogP contribution in [0, 0.1) is 15.9 Å². The summed E-state index contributed by atoms with van der Waals surface area (Å²) in [5.74, 6) is -1.55. The Morgan fingerprint density at radius 3 is 2.13 bits per heavy atom. The second kappa shape index (κ2) is 18.1. The Bertz CT molecular complexity index is 2000. The number of hydrogen-bond donors (Lipinski definition) is 3. The monoisotopic (exact) mass is 723 g/mol. The standard InChI is InChI=1S/C41H42FN3O8/c1-27(2)39-38(41(49)43-33-14-7-4-8-15-33)37(30-12-5-3-6-13-30)40(31-16-18-32(42)19-17-31)44(39)21-20-34(46)23-35(47)24-36(48)52-25-28-10-9-11-29(22-28)26-53-45(50)51/h3-19,22,27,34-35,46-47H,20-21,23-26H2,1-2H3,(H,43,49)/t34-,35-/m0/s1. The SMILES string of the molecule is CC(C)c1c(C(=O)Nc2ccccc2)c(-c2ccccc2)c(-c2ccc(F)cc2)n1CC[C@H](O)C[C@H](O)CC(=O)OCc1cccc(CO[N+](=O)[O-])c1. The van der Waals surface area contributed by atoms with Gasteiger partial charge in [-0.05, 0) is 77.4 Å². The van der Waals surface area contributed by atoms with E-state index in [-0.39, 0.29) is 50.8 Å². The molecule has 4 aromatic carbocycles. The molecule has 0 aliphatic heterocycles. The number of anilines is 1. The second-order valence-electron chi connectivity index (χ2n) is 13.0. The summed E-state index contributed by atoms with van der Waals surface area (Å²) in [6.07, 6.45) is -2.52. The molecule has 0 saturated carbocycles. The number of hydrogen-bond acceptors (Lipinski definition) is 8. The van der Waals surface area contributed by atoms with Gasteiger partial charge in [0.05, 0.1) is 29.9 Å². The number of esters is 1. The molecule has 12 heteroatoms. The third-order valence-electron chi connectivity index (χ3n) is 8.65. The topological polar surface area (TPSA) is 153 Å². The molecule has 5 aromatic rings. The van der Waals surface area contributed by atoms with E-state index in [0.29, 0.717) is 39.2 Å². The molecule has 1 aromatic heterocycles. The smallest absolute Gasteiger partial charge is 0.308 e. The van der Waals surface area contributed by atoms with Crippen LogP contribution in [0.1, 0.15) is 66.2 Å². The number of aliphatic hydroxyl groups excluding tert-OH is 2. The molecule has 0 aliphatic rings. The van der Waals surface area contributed by atoms with Crippen molar-refractivity contribution in [3.63, 3.8) is 0 Å². The summed E-state index contributed by atoms with van der Waals surface area (Å²) in [5.41, 5.74) is 5.75. The fourth-order valence-electron chi connectivity index (χ4n) is 6.35. The van der Waals surface area contributed by atoms with Crippen molar-refractivity contribution < 1.29 is 38.9 Å². The number of halogens is 1. The van der Waals surface area contributed by atoms with Crippen LogP contribution >= 0.6 is 0 Å². The van der Waals surface area contributed by atoms with Crippen LogP contribution in [-0.2, 0) is 34.1 Å². The Balaban J connectivity index is 1.37. The zero-order valence-corrected chi connectivity index (χ0v) is 29.5. The van der Waals surface area contributed by atoms with E-state index in [2.05, 4.69) is 10.2 Å². The highest BCUT2D eigenvalue weighted by Gasteiger charge is 2.31. The zero-order valence-electron chi connectivity index (χ0n) is 29.5. The number of nitrogens with zero attached hydrogens (tertiary/aromatic N) is 2. The number of ether oxygens (including phenoxy) is 1. The van der Waals surface area contributed by atoms with E-state index in [1.165, 1.54) is 12.1 Å². The van der Waals surface area contributed by atoms with Crippen LogP contribution in [0.4, 0.5) is 10.1 Å². The van der Waals surface area contributed by atoms with E-state index in [4.69, 9.17) is 4.74 Å². The molecule has 0 radical (unpaired) electrons. The average Bonchev–Trinajstić information content (AvgIpc) is 3.49. The molecule has 1 heterocycles. The van der Waals surface area contributed by atoms with Crippen molar-refractivity contribution in [1.29, 1.82) is 0 Å². The second-order valence-corrected chi connectivity index (χ2v) is 13.0. The van der Waals surface area contributed by atoms with Gasteiger partial charge in [0.25, 0.3) is 11.0 Å². The molecule has 2 atom stereocenters. The van der Waals surface area contributed by atoms with Crippen LogP contribution < -0.4 is 5.32 Å². The molecular weight excluding hydrogens is 681 g/mol. The van der Waals surface area contributed by atoms with Gasteiger partial charge in [-0.3, -0.25) is 9.59 Å². The first-order valence-electron chi connectivity index (χ1n) is 17.3. The summed E-state index contributed by atoms with van der Waals surface area (Å²) in [7, 11) is 0. The molecule has 0 saturated heterocycles. The Kier molecular flexibility index (Phi) is 13.1. The van der Waals surface area contributed by atoms with Crippen molar-refractivity contribution in [3.8, 4) is 22.4 Å². The molecule has 53 heavy (non-hydrogen) atoms. The van der Waals surface area contributed by atoms with Gasteiger partial charge >= 0.3 is 5.97 Å². The van der Waals surface area contributed by atoms with E-state index < -0.39 is 29.1 Å². The van der Waals surface area contributed by atoms with Gasteiger partial charge in [0.15, 0.2) is 0 Å². The van der Waals surface area contributed by atoms with Gasteiger partial charge in [0.2, 0.25) is 0 Å². The highest BCUT2D eigenvalue weighted by molar-refractivity contribution is 6.12. The lowest BCUT2D eigenvalue weighted by Gasteiger charge is -2.20. The number of rotatable bonds is 17. The van der Waals surface area contributed by atoms with E-state index in [1.807, 2.05) is 66.9 Å². The first-order valence-corrected chi connectivity index (χ1v) is 17.3. The van der Waals surface area contributed by atoms with Gasteiger partial charge in [-0.25, -0.2) is 4.39 Å². The molecule has 1 amide bonds. The maximum Gasteiger partial charge on any atom is 0.308 e. The van der Waals surface area contributed by atoms with Crippen molar-refractivity contribution >= 4 is 17.6 Å². The number of carbonyl (C=O) groups is 2. The fourth-order valence-corrected chi connectivity index (χ4v) is 6.35. The molecule has 5 rings (SSSR count). The lowest BCUT2D eigenvalue weighted by atomic mass is 9.94. The molecule has 0 bridgehead atoms. The number of amides is 1. The Morgan fingerprint density at radius 2 is 1.49 bits per heavy atom. The fraction of sp³-hybridized carbons (Fsp3) is 0.268. The maximum atomic E-state index is 14.2. The predicted molar refractivity (Wildman–Crippen MR) is 198 cm³/mol. The predicted octanol–water partition coefficient (Wildman–Crippen LogP) is 7.68. The van der Waals surface area contributed by atoms with E-state index in [9.17, 15) is 34.3 Å². The molecule has 3 N–H and O–H groups in total. The highest BCUT2D eigenvalue weighted by Crippen LogP contribution is 2.42. The van der Waals surface area contributed by atoms with Gasteiger partial charge in [-0.1, -0.05) is 86.6 Å². The molecule has 0 fully saturated rings. The summed E-state index contributed by atoms with van der Waals surface area (Å²) in [5, 5.41) is 34.5. The minimum atomic E-state index is -1.20. The maximum absolute atomic E-state index is 14.2. The van der Waals surface area contributed by atoms with E-state index >= 15 is 0 Å². The largest absolute Gasteiger partial charge is 0.461 e. The van der Waals surface area contributed by atoms with Gasteiger partial charge in [-0.2, -0.15) is 0 Å². The molecule has 276 valence electrons. The number of para-hydroxylation sites is 1. The number of aromatic nitrogens is 1. The van der Waals surface area contributed by atoms with Crippen LogP contribution in [0.15, 0.2) is 109 Å². The number of aliphatic hydroxyl groups is 2. The van der Waals surface area contributed by atoms with Gasteiger partial charge < -0.3 is 29.7 Å². The zero-order chi connectivity index (χ0) is 37.9. The van der Waals surface area contributed by atoms with Crippen molar-refractivity contribution in [2.75, 3.05) is 5.32 Å². The first-order chi connectivity index (χ1) is 25.5. The minimum Gasteiger partial charge on any atom is -0.461 e. The average molecular weight is 724 g/mol. The van der Waals surface area contributed by atoms with Gasteiger partial charge in [0, 0.05) is 23.5 Å². The summed E-state index contributed by atoms with van der Waals surface area (Å²) >= 11 is 0. The molecule has 0 spiro atoms. The number of benzene rings is 4. The van der Waals surface area contributed by atoms with Crippen LogP contribution in [0.25, 0.3) is 22.4 Å². The first kappa shape index (κ1) is 38.4. The number of nitrogens with one attached hydrogen (secondary N) is 1. The molecule has 0 aliphatic carbocycles. The van der Waals surface area contributed by atoms with Crippen LogP contribution in [-0.4, -0.2) is 44.0 Å². The third kappa shape index (κ3) is 10.4. The summed E-state index contributed by atoms with van der Waals surface area (Å²) in [6, 6.07) is 31.3. The van der Waals surface area contributed by atoms with Crippen molar-refractivity contribution in [3.05, 3.63) is 148 Å². The van der Waals surface area contributed by atoms with Crippen LogP contribution in [0.2, 0.25) is 0 Å². The van der Waals surface area contributed by atoms with Gasteiger partial charge in [-0.15, -0.1) is 10.1 Å². The highest BCUT2D eigenvalue weighted by atomic mass is 19.1. The summed E-state index contributed by atoms with van der Waals surface area (Å²) in [4.78, 5) is 41.7. The summed E-state index contributed by atoms with van der Waals surface area (Å²) in [6.45, 7) is 3.86. The Labute approximate surface area is 306 Å². The van der Waals surface area contributed by atoms with Gasteiger partial charge in [0.1, 0.15) is 19.0 Å². The minimum absolute atomic E-state index is 0.109. The normalized spacial score (nSPS) is 12.3. The van der Waals surface area contributed by atoms with Crippen molar-refractivity contribution in [2.45, 2.75) is 71.0 Å². The lowest BCUT2D eigenvalue weighted by molar-refractivity contribution is -0.763. The molecule has 11 nitrogen and oxygen atoms in total. The lowest BCUT2D eigenvalue weighted by Crippen LogP contribution is -2.23. The van der Waals surface area contributed by atoms with Crippen molar-refractivity contribution in [1.82, 2.24) is 4.57 Å². The van der Waals surface area contributed by atoms with E-state index in [0.717, 1.165) is 11.3 Å².